The first-order valence-electron chi connectivity index (χ1n) is 6.92. The molecular formula is C15H19FN2O3. The zero-order chi connectivity index (χ0) is 15.4. The number of hydrogen-bond acceptors (Lipinski definition) is 3. The van der Waals surface area contributed by atoms with Crippen LogP contribution in [0.3, 0.4) is 0 Å². The van der Waals surface area contributed by atoms with Crippen LogP contribution in [-0.4, -0.2) is 42.5 Å². The Morgan fingerprint density at radius 1 is 1.57 bits per heavy atom. The van der Waals surface area contributed by atoms with Gasteiger partial charge in [0.15, 0.2) is 0 Å². The van der Waals surface area contributed by atoms with Crippen LogP contribution in [0.1, 0.15) is 19.8 Å². The molecule has 1 N–H and O–H groups in total. The lowest BCUT2D eigenvalue weighted by molar-refractivity contribution is -0.134. The second kappa shape index (κ2) is 6.56. The Labute approximate surface area is 123 Å². The molecule has 0 aliphatic carbocycles. The molecule has 1 aromatic carbocycles. The van der Waals surface area contributed by atoms with Gasteiger partial charge in [-0.3, -0.25) is 9.59 Å². The Bertz CT molecular complexity index is 535. The van der Waals surface area contributed by atoms with E-state index in [0.717, 1.165) is 0 Å². The molecule has 6 heteroatoms. The van der Waals surface area contributed by atoms with Gasteiger partial charge in [-0.1, -0.05) is 6.07 Å². The largest absolute Gasteiger partial charge is 0.491 e. The number of ether oxygens (including phenoxy) is 1. The molecule has 2 amide bonds. The summed E-state index contributed by atoms with van der Waals surface area (Å²) in [5.74, 6) is -0.142. The molecule has 5 nitrogen and oxygen atoms in total. The molecule has 1 aliphatic rings. The number of nitrogens with zero attached hydrogens (tertiary/aromatic N) is 1. The monoisotopic (exact) mass is 294 g/mol. The number of carbonyl (C=O) groups excluding carboxylic acids is 2. The fourth-order valence-electron chi connectivity index (χ4n) is 2.27. The van der Waals surface area contributed by atoms with E-state index < -0.39 is 6.04 Å². The smallest absolute Gasteiger partial charge is 0.243 e. The van der Waals surface area contributed by atoms with E-state index in [1.807, 2.05) is 0 Å². The molecule has 0 unspecified atom stereocenters. The minimum absolute atomic E-state index is 0.0150. The van der Waals surface area contributed by atoms with E-state index >= 15 is 0 Å². The maximum absolute atomic E-state index is 13.0. The number of carbonyl (C=O) groups is 2. The van der Waals surface area contributed by atoms with Gasteiger partial charge in [-0.05, 0) is 25.5 Å². The highest BCUT2D eigenvalue weighted by Crippen LogP contribution is 2.16. The van der Waals surface area contributed by atoms with Crippen molar-refractivity contribution >= 4 is 11.8 Å². The van der Waals surface area contributed by atoms with Gasteiger partial charge in [-0.25, -0.2) is 4.39 Å². The van der Waals surface area contributed by atoms with E-state index in [0.29, 0.717) is 18.6 Å². The summed E-state index contributed by atoms with van der Waals surface area (Å²) in [5.41, 5.74) is 0. The predicted octanol–water partition coefficient (Wildman–Crippen LogP) is 1.33. The molecule has 1 fully saturated rings. The van der Waals surface area contributed by atoms with Gasteiger partial charge in [0.2, 0.25) is 11.8 Å². The third-order valence-corrected chi connectivity index (χ3v) is 3.48. The lowest BCUT2D eigenvalue weighted by Crippen LogP contribution is -2.47. The van der Waals surface area contributed by atoms with Gasteiger partial charge in [0.1, 0.15) is 24.2 Å². The maximum atomic E-state index is 13.0. The van der Waals surface area contributed by atoms with Gasteiger partial charge >= 0.3 is 0 Å². The molecule has 2 rings (SSSR count). The Morgan fingerprint density at radius 3 is 2.95 bits per heavy atom. The topological polar surface area (TPSA) is 58.6 Å². The molecule has 0 aromatic heterocycles. The van der Waals surface area contributed by atoms with Crippen LogP contribution < -0.4 is 10.1 Å². The molecule has 114 valence electrons. The highest BCUT2D eigenvalue weighted by Gasteiger charge is 2.33. The van der Waals surface area contributed by atoms with Crippen LogP contribution in [0.25, 0.3) is 0 Å². The Balaban J connectivity index is 1.80. The van der Waals surface area contributed by atoms with Gasteiger partial charge in [0.05, 0.1) is 6.04 Å². The van der Waals surface area contributed by atoms with Gasteiger partial charge in [-0.2, -0.15) is 0 Å². The third kappa shape index (κ3) is 3.93. The normalized spacial score (nSPS) is 19.5. The van der Waals surface area contributed by atoms with Crippen molar-refractivity contribution in [3.05, 3.63) is 30.1 Å². The number of likely N-dealkylation sites (tertiary alicyclic amines) is 1. The molecule has 1 aromatic rings. The van der Waals surface area contributed by atoms with E-state index in [1.165, 1.54) is 17.0 Å². The number of halogens is 1. The fraction of sp³-hybridized carbons (Fsp3) is 0.467. The Hall–Kier alpha value is -2.11. The first-order chi connectivity index (χ1) is 9.97. The molecule has 0 saturated carbocycles. The fourth-order valence-corrected chi connectivity index (χ4v) is 2.27. The summed E-state index contributed by atoms with van der Waals surface area (Å²) in [5, 5.41) is 2.81. The van der Waals surface area contributed by atoms with Gasteiger partial charge < -0.3 is 15.0 Å². The number of amides is 2. The second-order valence-electron chi connectivity index (χ2n) is 5.24. The van der Waals surface area contributed by atoms with E-state index in [-0.39, 0.29) is 30.3 Å². The Morgan fingerprint density at radius 2 is 2.33 bits per heavy atom. The van der Waals surface area contributed by atoms with E-state index in [4.69, 9.17) is 4.74 Å². The highest BCUT2D eigenvalue weighted by molar-refractivity contribution is 5.90. The van der Waals surface area contributed by atoms with Crippen LogP contribution >= 0.6 is 0 Å². The average molecular weight is 294 g/mol. The van der Waals surface area contributed by atoms with Crippen LogP contribution in [0.5, 0.6) is 5.75 Å². The molecular weight excluding hydrogens is 275 g/mol. The van der Waals surface area contributed by atoms with Crippen molar-refractivity contribution < 1.29 is 18.7 Å². The van der Waals surface area contributed by atoms with Crippen LogP contribution in [0.2, 0.25) is 0 Å². The van der Waals surface area contributed by atoms with Crippen molar-refractivity contribution in [2.45, 2.75) is 31.8 Å². The zero-order valence-electron chi connectivity index (χ0n) is 12.1. The number of nitrogens with one attached hydrogen (secondary N) is 1. The zero-order valence-corrected chi connectivity index (χ0v) is 12.1. The van der Waals surface area contributed by atoms with Crippen molar-refractivity contribution in [3.63, 3.8) is 0 Å². The molecule has 1 saturated heterocycles. The van der Waals surface area contributed by atoms with Crippen molar-refractivity contribution in [3.8, 4) is 5.75 Å². The number of likely N-dealkylation sites (N-methyl/N-ethyl adjacent to an activating group) is 1. The molecule has 1 heterocycles. The third-order valence-electron chi connectivity index (χ3n) is 3.48. The average Bonchev–Trinajstić information content (AvgIpc) is 2.77. The van der Waals surface area contributed by atoms with Crippen molar-refractivity contribution in [1.29, 1.82) is 0 Å². The number of rotatable bonds is 5. The summed E-state index contributed by atoms with van der Waals surface area (Å²) in [4.78, 5) is 24.9. The lowest BCUT2D eigenvalue weighted by atomic mass is 10.2. The summed E-state index contributed by atoms with van der Waals surface area (Å²) in [6, 6.07) is 5.20. The maximum Gasteiger partial charge on any atom is 0.243 e. The van der Waals surface area contributed by atoms with Crippen molar-refractivity contribution in [2.75, 3.05) is 13.7 Å². The number of hydrogen-bond donors (Lipinski definition) is 1. The minimum atomic E-state index is -0.408. The molecule has 21 heavy (non-hydrogen) atoms. The van der Waals surface area contributed by atoms with Crippen LogP contribution in [0.15, 0.2) is 24.3 Å². The van der Waals surface area contributed by atoms with E-state index in [9.17, 15) is 14.0 Å². The van der Waals surface area contributed by atoms with Gasteiger partial charge in [0, 0.05) is 19.5 Å². The minimum Gasteiger partial charge on any atom is -0.491 e. The second-order valence-corrected chi connectivity index (χ2v) is 5.24. The molecule has 2 atom stereocenters. The van der Waals surface area contributed by atoms with Crippen LogP contribution in [0, 0.1) is 5.82 Å². The van der Waals surface area contributed by atoms with Crippen molar-refractivity contribution in [1.82, 2.24) is 10.2 Å². The van der Waals surface area contributed by atoms with Gasteiger partial charge in [0.25, 0.3) is 0 Å². The number of benzene rings is 1. The summed E-state index contributed by atoms with van der Waals surface area (Å²) >= 11 is 0. The standard InChI is InChI=1S/C15H19FN2O3/c1-10(9-21-12-5-3-4-11(16)8-12)17-15(20)13-6-7-14(19)18(13)2/h3-5,8,10,13H,6-7,9H2,1-2H3,(H,17,20)/t10-,13+/m0/s1. The molecule has 0 radical (unpaired) electrons. The predicted molar refractivity (Wildman–Crippen MR) is 75.3 cm³/mol. The highest BCUT2D eigenvalue weighted by atomic mass is 19.1. The van der Waals surface area contributed by atoms with Crippen LogP contribution in [-0.2, 0) is 9.59 Å². The summed E-state index contributed by atoms with van der Waals surface area (Å²) < 4.78 is 18.4. The summed E-state index contributed by atoms with van der Waals surface area (Å²) in [6.45, 7) is 2.04. The summed E-state index contributed by atoms with van der Waals surface area (Å²) in [7, 11) is 1.63. The Kier molecular flexibility index (Phi) is 4.77. The van der Waals surface area contributed by atoms with E-state index in [2.05, 4.69) is 5.32 Å². The van der Waals surface area contributed by atoms with Crippen molar-refractivity contribution in [2.24, 2.45) is 0 Å². The molecule has 1 aliphatic heterocycles. The van der Waals surface area contributed by atoms with Crippen LogP contribution in [0.4, 0.5) is 4.39 Å². The quantitative estimate of drug-likeness (QED) is 0.891. The first kappa shape index (κ1) is 15.3. The molecule has 0 spiro atoms. The SMILES string of the molecule is C[C@@H](COc1cccc(F)c1)NC(=O)[C@H]1CCC(=O)N1C. The van der Waals surface area contributed by atoms with E-state index in [1.54, 1.807) is 26.1 Å². The van der Waals surface area contributed by atoms with Gasteiger partial charge in [-0.15, -0.1) is 0 Å². The summed E-state index contributed by atoms with van der Waals surface area (Å²) in [6.07, 6.45) is 0.946. The lowest BCUT2D eigenvalue weighted by Gasteiger charge is -2.22. The first-order valence-corrected chi connectivity index (χ1v) is 6.92. The molecule has 0 bridgehead atoms.